The largest absolute Gasteiger partial charge is 0.306 e. The fourth-order valence-electron chi connectivity index (χ4n) is 2.25. The SMILES string of the molecule is CCCNC(c1cccc(F)c1)c1ccc(C)cc1F. The molecule has 0 amide bonds. The first kappa shape index (κ1) is 14.7. The third kappa shape index (κ3) is 3.42. The van der Waals surface area contributed by atoms with Crippen LogP contribution in [-0.4, -0.2) is 6.54 Å². The highest BCUT2D eigenvalue weighted by Gasteiger charge is 2.17. The van der Waals surface area contributed by atoms with Crippen LogP contribution in [0.15, 0.2) is 42.5 Å². The predicted molar refractivity (Wildman–Crippen MR) is 77.7 cm³/mol. The second-order valence-electron chi connectivity index (χ2n) is 4.97. The van der Waals surface area contributed by atoms with Crippen molar-refractivity contribution < 1.29 is 8.78 Å². The Morgan fingerprint density at radius 3 is 2.55 bits per heavy atom. The molecule has 3 heteroatoms. The van der Waals surface area contributed by atoms with Gasteiger partial charge in [0.25, 0.3) is 0 Å². The van der Waals surface area contributed by atoms with Gasteiger partial charge in [0.2, 0.25) is 0 Å². The maximum Gasteiger partial charge on any atom is 0.128 e. The van der Waals surface area contributed by atoms with Gasteiger partial charge in [0, 0.05) is 5.56 Å². The molecular formula is C17H19F2N. The average molecular weight is 275 g/mol. The lowest BCUT2D eigenvalue weighted by molar-refractivity contribution is 0.542. The Morgan fingerprint density at radius 1 is 1.10 bits per heavy atom. The van der Waals surface area contributed by atoms with E-state index in [4.69, 9.17) is 0 Å². The van der Waals surface area contributed by atoms with Gasteiger partial charge in [-0.2, -0.15) is 0 Å². The van der Waals surface area contributed by atoms with E-state index in [-0.39, 0.29) is 17.7 Å². The molecule has 106 valence electrons. The van der Waals surface area contributed by atoms with Crippen molar-refractivity contribution in [1.82, 2.24) is 5.32 Å². The van der Waals surface area contributed by atoms with Gasteiger partial charge in [-0.1, -0.05) is 31.2 Å². The molecule has 0 bridgehead atoms. The summed E-state index contributed by atoms with van der Waals surface area (Å²) < 4.78 is 27.6. The molecule has 0 fully saturated rings. The van der Waals surface area contributed by atoms with Gasteiger partial charge in [0.05, 0.1) is 6.04 Å². The zero-order valence-corrected chi connectivity index (χ0v) is 11.8. The van der Waals surface area contributed by atoms with Gasteiger partial charge in [-0.15, -0.1) is 0 Å². The normalized spacial score (nSPS) is 12.4. The first-order chi connectivity index (χ1) is 9.61. The number of aryl methyl sites for hydroxylation is 1. The van der Waals surface area contributed by atoms with E-state index in [1.54, 1.807) is 12.1 Å². The molecule has 20 heavy (non-hydrogen) atoms. The third-order valence-electron chi connectivity index (χ3n) is 3.25. The first-order valence-electron chi connectivity index (χ1n) is 6.86. The second kappa shape index (κ2) is 6.62. The summed E-state index contributed by atoms with van der Waals surface area (Å²) in [5, 5.41) is 3.28. The maximum absolute atomic E-state index is 14.2. The monoisotopic (exact) mass is 275 g/mol. The topological polar surface area (TPSA) is 12.0 Å². The van der Waals surface area contributed by atoms with Gasteiger partial charge in [-0.05, 0) is 49.2 Å². The van der Waals surface area contributed by atoms with Crippen LogP contribution < -0.4 is 5.32 Å². The van der Waals surface area contributed by atoms with Crippen LogP contribution in [0.2, 0.25) is 0 Å². The molecule has 0 aliphatic rings. The summed E-state index contributed by atoms with van der Waals surface area (Å²) in [5.41, 5.74) is 2.16. The smallest absolute Gasteiger partial charge is 0.128 e. The summed E-state index contributed by atoms with van der Waals surface area (Å²) in [6.07, 6.45) is 0.930. The standard InChI is InChI=1S/C17H19F2N/c1-3-9-20-17(13-5-4-6-14(18)11-13)15-8-7-12(2)10-16(15)19/h4-8,10-11,17,20H,3,9H2,1-2H3. The number of hydrogen-bond donors (Lipinski definition) is 1. The molecule has 0 radical (unpaired) electrons. The van der Waals surface area contributed by atoms with E-state index in [0.717, 1.165) is 24.1 Å². The molecule has 2 aromatic rings. The van der Waals surface area contributed by atoms with Crippen LogP contribution in [-0.2, 0) is 0 Å². The Morgan fingerprint density at radius 2 is 1.90 bits per heavy atom. The fraction of sp³-hybridized carbons (Fsp3) is 0.294. The highest BCUT2D eigenvalue weighted by molar-refractivity contribution is 5.34. The molecule has 0 aliphatic carbocycles. The van der Waals surface area contributed by atoms with Crippen molar-refractivity contribution in [3.63, 3.8) is 0 Å². The van der Waals surface area contributed by atoms with Gasteiger partial charge in [-0.25, -0.2) is 8.78 Å². The third-order valence-corrected chi connectivity index (χ3v) is 3.25. The Bertz CT molecular complexity index is 581. The van der Waals surface area contributed by atoms with Crippen LogP contribution >= 0.6 is 0 Å². The molecule has 1 nitrogen and oxygen atoms in total. The Balaban J connectivity index is 2.41. The van der Waals surface area contributed by atoms with Crippen LogP contribution in [0.4, 0.5) is 8.78 Å². The molecular weight excluding hydrogens is 256 g/mol. The van der Waals surface area contributed by atoms with Crippen LogP contribution in [0.3, 0.4) is 0 Å². The van der Waals surface area contributed by atoms with Crippen molar-refractivity contribution in [2.24, 2.45) is 0 Å². The van der Waals surface area contributed by atoms with Crippen LogP contribution in [0.25, 0.3) is 0 Å². The molecule has 2 rings (SSSR count). The van der Waals surface area contributed by atoms with Gasteiger partial charge in [0.1, 0.15) is 11.6 Å². The minimum absolute atomic E-state index is 0.261. The van der Waals surface area contributed by atoms with Gasteiger partial charge >= 0.3 is 0 Å². The summed E-state index contributed by atoms with van der Waals surface area (Å²) in [6.45, 7) is 4.64. The van der Waals surface area contributed by atoms with E-state index in [2.05, 4.69) is 5.32 Å². The van der Waals surface area contributed by atoms with Gasteiger partial charge in [-0.3, -0.25) is 0 Å². The van der Waals surface area contributed by atoms with E-state index in [9.17, 15) is 8.78 Å². The van der Waals surface area contributed by atoms with Crippen LogP contribution in [0.1, 0.15) is 36.1 Å². The molecule has 1 atom stereocenters. The predicted octanol–water partition coefficient (Wildman–Crippen LogP) is 4.36. The maximum atomic E-state index is 14.2. The first-order valence-corrected chi connectivity index (χ1v) is 6.86. The molecule has 1 N–H and O–H groups in total. The summed E-state index contributed by atoms with van der Waals surface area (Å²) in [5.74, 6) is -0.568. The molecule has 0 aromatic heterocycles. The molecule has 2 aromatic carbocycles. The lowest BCUT2D eigenvalue weighted by Crippen LogP contribution is -2.24. The summed E-state index contributed by atoms with van der Waals surface area (Å²) in [7, 11) is 0. The van der Waals surface area contributed by atoms with Crippen molar-refractivity contribution in [1.29, 1.82) is 0 Å². The molecule has 0 saturated carbocycles. The van der Waals surface area contributed by atoms with E-state index < -0.39 is 0 Å². The van der Waals surface area contributed by atoms with Crippen molar-refractivity contribution >= 4 is 0 Å². The van der Waals surface area contributed by atoms with E-state index >= 15 is 0 Å². The average Bonchev–Trinajstić information content (AvgIpc) is 2.41. The van der Waals surface area contributed by atoms with Gasteiger partial charge in [0.15, 0.2) is 0 Å². The summed E-state index contributed by atoms with van der Waals surface area (Å²) in [6, 6.07) is 11.1. The molecule has 0 spiro atoms. The number of halogens is 2. The Kier molecular flexibility index (Phi) is 4.85. The van der Waals surface area contributed by atoms with Crippen LogP contribution in [0, 0.1) is 18.6 Å². The van der Waals surface area contributed by atoms with E-state index in [1.807, 2.05) is 26.0 Å². The zero-order valence-electron chi connectivity index (χ0n) is 11.8. The number of benzene rings is 2. The zero-order chi connectivity index (χ0) is 14.5. The number of rotatable bonds is 5. The highest BCUT2D eigenvalue weighted by Crippen LogP contribution is 2.25. The Hall–Kier alpha value is -1.74. The lowest BCUT2D eigenvalue weighted by Gasteiger charge is -2.20. The summed E-state index contributed by atoms with van der Waals surface area (Å²) in [4.78, 5) is 0. The molecule has 0 saturated heterocycles. The minimum atomic E-state index is -0.328. The highest BCUT2D eigenvalue weighted by atomic mass is 19.1. The van der Waals surface area contributed by atoms with Crippen LogP contribution in [0.5, 0.6) is 0 Å². The van der Waals surface area contributed by atoms with Gasteiger partial charge < -0.3 is 5.32 Å². The Labute approximate surface area is 118 Å². The van der Waals surface area contributed by atoms with Crippen molar-refractivity contribution in [3.8, 4) is 0 Å². The van der Waals surface area contributed by atoms with E-state index in [0.29, 0.717) is 5.56 Å². The van der Waals surface area contributed by atoms with E-state index in [1.165, 1.54) is 18.2 Å². The second-order valence-corrected chi connectivity index (χ2v) is 4.97. The number of hydrogen-bond acceptors (Lipinski definition) is 1. The minimum Gasteiger partial charge on any atom is -0.306 e. The molecule has 1 unspecified atom stereocenters. The quantitative estimate of drug-likeness (QED) is 0.854. The fourth-order valence-corrected chi connectivity index (χ4v) is 2.25. The molecule has 0 heterocycles. The van der Waals surface area contributed by atoms with Crippen molar-refractivity contribution in [2.75, 3.05) is 6.54 Å². The van der Waals surface area contributed by atoms with Crippen molar-refractivity contribution in [3.05, 3.63) is 70.8 Å². The molecule has 0 aliphatic heterocycles. The lowest BCUT2D eigenvalue weighted by atomic mass is 9.97. The number of nitrogens with one attached hydrogen (secondary N) is 1. The van der Waals surface area contributed by atoms with Crippen molar-refractivity contribution in [2.45, 2.75) is 26.3 Å². The summed E-state index contributed by atoms with van der Waals surface area (Å²) >= 11 is 0.